The molecule has 0 aliphatic carbocycles. The zero-order valence-corrected chi connectivity index (χ0v) is 10.6. The number of rotatable bonds is 2. The van der Waals surface area contributed by atoms with Crippen LogP contribution in [-0.2, 0) is 0 Å². The third-order valence-corrected chi connectivity index (χ3v) is 3.04. The van der Waals surface area contributed by atoms with Crippen LogP contribution in [0, 0.1) is 25.2 Å². The maximum atomic E-state index is 9.34. The second-order valence-corrected chi connectivity index (χ2v) is 4.34. The normalized spacial score (nSPS) is 11.1. The Kier molecular flexibility index (Phi) is 3.60. The van der Waals surface area contributed by atoms with Crippen molar-refractivity contribution in [3.05, 3.63) is 70.8 Å². The summed E-state index contributed by atoms with van der Waals surface area (Å²) < 4.78 is 0. The van der Waals surface area contributed by atoms with E-state index in [-0.39, 0.29) is 0 Å². The molecule has 0 saturated heterocycles. The van der Waals surface area contributed by atoms with Crippen LogP contribution >= 0.6 is 0 Å². The van der Waals surface area contributed by atoms with E-state index in [0.717, 1.165) is 16.7 Å². The summed E-state index contributed by atoms with van der Waals surface area (Å²) in [5.41, 5.74) is 5.11. The summed E-state index contributed by atoms with van der Waals surface area (Å²) in [4.78, 5) is 0. The molecule has 0 atom stereocenters. The van der Waals surface area contributed by atoms with Crippen molar-refractivity contribution in [1.29, 1.82) is 5.26 Å². The van der Waals surface area contributed by atoms with Gasteiger partial charge in [-0.3, -0.25) is 0 Å². The number of allylic oxidation sites excluding steroid dienone is 1. The van der Waals surface area contributed by atoms with E-state index in [1.807, 2.05) is 55.5 Å². The molecule has 0 radical (unpaired) electrons. The second-order valence-electron chi connectivity index (χ2n) is 4.34. The average Bonchev–Trinajstić information content (AvgIpc) is 2.39. The highest BCUT2D eigenvalue weighted by molar-refractivity contribution is 5.91. The summed E-state index contributed by atoms with van der Waals surface area (Å²) in [6.07, 6.45) is 1.96. The minimum Gasteiger partial charge on any atom is -0.192 e. The van der Waals surface area contributed by atoms with Crippen molar-refractivity contribution in [3.63, 3.8) is 0 Å². The van der Waals surface area contributed by atoms with Gasteiger partial charge in [0.05, 0.1) is 11.6 Å². The Hall–Kier alpha value is -2.33. The van der Waals surface area contributed by atoms with Gasteiger partial charge in [0.15, 0.2) is 0 Å². The first-order valence-electron chi connectivity index (χ1n) is 5.96. The monoisotopic (exact) mass is 233 g/mol. The Morgan fingerprint density at radius 3 is 2.17 bits per heavy atom. The van der Waals surface area contributed by atoms with E-state index in [4.69, 9.17) is 0 Å². The molecule has 0 aliphatic heterocycles. The van der Waals surface area contributed by atoms with Crippen LogP contribution in [0.1, 0.15) is 22.3 Å². The fourth-order valence-corrected chi connectivity index (χ4v) is 1.95. The van der Waals surface area contributed by atoms with Gasteiger partial charge in [-0.25, -0.2) is 0 Å². The summed E-state index contributed by atoms with van der Waals surface area (Å²) in [5, 5.41) is 9.34. The second kappa shape index (κ2) is 5.33. The molecule has 18 heavy (non-hydrogen) atoms. The van der Waals surface area contributed by atoms with Crippen LogP contribution in [-0.4, -0.2) is 0 Å². The predicted octanol–water partition coefficient (Wildman–Crippen LogP) is 4.37. The molecule has 0 saturated carbocycles. The zero-order valence-electron chi connectivity index (χ0n) is 10.6. The minimum atomic E-state index is 0.711. The summed E-state index contributed by atoms with van der Waals surface area (Å²) in [7, 11) is 0. The molecule has 0 N–H and O–H groups in total. The fourth-order valence-electron chi connectivity index (χ4n) is 1.95. The van der Waals surface area contributed by atoms with E-state index in [1.54, 1.807) is 0 Å². The topological polar surface area (TPSA) is 23.8 Å². The lowest BCUT2D eigenvalue weighted by molar-refractivity contribution is 1.41. The van der Waals surface area contributed by atoms with Gasteiger partial charge >= 0.3 is 0 Å². The van der Waals surface area contributed by atoms with Crippen LogP contribution in [0.25, 0.3) is 11.6 Å². The Morgan fingerprint density at radius 2 is 1.56 bits per heavy atom. The molecule has 1 heteroatoms. The van der Waals surface area contributed by atoms with Crippen molar-refractivity contribution in [1.82, 2.24) is 0 Å². The predicted molar refractivity (Wildman–Crippen MR) is 75.8 cm³/mol. The third-order valence-electron chi connectivity index (χ3n) is 3.04. The SMILES string of the molecule is Cc1ccccc1C=C(C#N)c1ccccc1C. The number of benzene rings is 2. The molecule has 2 aromatic carbocycles. The summed E-state index contributed by atoms with van der Waals surface area (Å²) >= 11 is 0. The van der Waals surface area contributed by atoms with E-state index in [9.17, 15) is 5.26 Å². The molecule has 0 heterocycles. The Bertz CT molecular complexity index is 630. The maximum absolute atomic E-state index is 9.34. The summed E-state index contributed by atoms with van der Waals surface area (Å²) in [5.74, 6) is 0. The van der Waals surface area contributed by atoms with Gasteiger partial charge in [0.25, 0.3) is 0 Å². The van der Waals surface area contributed by atoms with Gasteiger partial charge in [-0.05, 0) is 42.2 Å². The first-order valence-corrected chi connectivity index (χ1v) is 5.96. The zero-order chi connectivity index (χ0) is 13.0. The lowest BCUT2D eigenvalue weighted by atomic mass is 9.98. The number of nitrogens with zero attached hydrogens (tertiary/aromatic N) is 1. The van der Waals surface area contributed by atoms with E-state index in [0.29, 0.717) is 5.57 Å². The minimum absolute atomic E-state index is 0.711. The van der Waals surface area contributed by atoms with E-state index in [2.05, 4.69) is 19.1 Å². The van der Waals surface area contributed by atoms with Crippen LogP contribution in [0.4, 0.5) is 0 Å². The van der Waals surface area contributed by atoms with Crippen LogP contribution in [0.15, 0.2) is 48.5 Å². The highest BCUT2D eigenvalue weighted by Gasteiger charge is 2.04. The fraction of sp³-hybridized carbons (Fsp3) is 0.118. The Balaban J connectivity index is 2.52. The van der Waals surface area contributed by atoms with E-state index >= 15 is 0 Å². The van der Waals surface area contributed by atoms with Gasteiger partial charge in [0.2, 0.25) is 0 Å². The van der Waals surface area contributed by atoms with Gasteiger partial charge in [0.1, 0.15) is 0 Å². The lowest BCUT2D eigenvalue weighted by Gasteiger charge is -2.05. The van der Waals surface area contributed by atoms with Crippen molar-refractivity contribution in [3.8, 4) is 6.07 Å². The molecule has 0 aromatic heterocycles. The van der Waals surface area contributed by atoms with Crippen LogP contribution in [0.2, 0.25) is 0 Å². The van der Waals surface area contributed by atoms with Crippen molar-refractivity contribution < 1.29 is 0 Å². The van der Waals surface area contributed by atoms with Crippen molar-refractivity contribution >= 4 is 11.6 Å². The highest BCUT2D eigenvalue weighted by Crippen LogP contribution is 2.22. The third kappa shape index (κ3) is 2.49. The number of nitriles is 1. The van der Waals surface area contributed by atoms with E-state index < -0.39 is 0 Å². The molecule has 2 rings (SSSR count). The molecule has 88 valence electrons. The molecule has 0 unspecified atom stereocenters. The summed E-state index contributed by atoms with van der Waals surface area (Å²) in [6, 6.07) is 18.3. The molecule has 0 aliphatic rings. The smallest absolute Gasteiger partial charge is 0.0998 e. The Labute approximate surface area is 108 Å². The van der Waals surface area contributed by atoms with Crippen LogP contribution < -0.4 is 0 Å². The molecule has 0 fully saturated rings. The largest absolute Gasteiger partial charge is 0.192 e. The van der Waals surface area contributed by atoms with Gasteiger partial charge in [-0.1, -0.05) is 48.5 Å². The van der Waals surface area contributed by atoms with Gasteiger partial charge in [-0.2, -0.15) is 5.26 Å². The quantitative estimate of drug-likeness (QED) is 0.558. The molecule has 1 nitrogen and oxygen atoms in total. The molecular formula is C17H15N. The first-order chi connectivity index (χ1) is 8.72. The molecular weight excluding hydrogens is 218 g/mol. The average molecular weight is 233 g/mol. The van der Waals surface area contributed by atoms with Gasteiger partial charge in [-0.15, -0.1) is 0 Å². The molecule has 0 bridgehead atoms. The number of hydrogen-bond acceptors (Lipinski definition) is 1. The summed E-state index contributed by atoms with van der Waals surface area (Å²) in [6.45, 7) is 4.08. The van der Waals surface area contributed by atoms with Crippen LogP contribution in [0.3, 0.4) is 0 Å². The van der Waals surface area contributed by atoms with Crippen molar-refractivity contribution in [2.75, 3.05) is 0 Å². The maximum Gasteiger partial charge on any atom is 0.0998 e. The molecule has 2 aromatic rings. The molecule has 0 spiro atoms. The van der Waals surface area contributed by atoms with Gasteiger partial charge < -0.3 is 0 Å². The first kappa shape index (κ1) is 12.1. The Morgan fingerprint density at radius 1 is 0.944 bits per heavy atom. The lowest BCUT2D eigenvalue weighted by Crippen LogP contribution is -1.87. The molecule has 0 amide bonds. The van der Waals surface area contributed by atoms with Crippen LogP contribution in [0.5, 0.6) is 0 Å². The van der Waals surface area contributed by atoms with Crippen molar-refractivity contribution in [2.45, 2.75) is 13.8 Å². The standard InChI is InChI=1S/C17H15N/c1-13-7-3-5-9-15(13)11-16(12-18)17-10-6-4-8-14(17)2/h3-11H,1-2H3. The number of aryl methyl sites for hydroxylation is 2. The van der Waals surface area contributed by atoms with Gasteiger partial charge in [0, 0.05) is 0 Å². The highest BCUT2D eigenvalue weighted by atomic mass is 14.3. The van der Waals surface area contributed by atoms with Crippen molar-refractivity contribution in [2.24, 2.45) is 0 Å². The number of hydrogen-bond donors (Lipinski definition) is 0. The van der Waals surface area contributed by atoms with E-state index in [1.165, 1.54) is 5.56 Å².